The molecule has 7 nitrogen and oxygen atoms in total. The van der Waals surface area contributed by atoms with Gasteiger partial charge in [0.25, 0.3) is 5.91 Å². The van der Waals surface area contributed by atoms with Crippen molar-refractivity contribution in [3.63, 3.8) is 0 Å². The quantitative estimate of drug-likeness (QED) is 0.504. The summed E-state index contributed by atoms with van der Waals surface area (Å²) in [4.78, 5) is 21.3. The van der Waals surface area contributed by atoms with Crippen LogP contribution in [0, 0.1) is 12.7 Å². The van der Waals surface area contributed by atoms with E-state index in [0.29, 0.717) is 27.8 Å². The van der Waals surface area contributed by atoms with Gasteiger partial charge in [0, 0.05) is 11.6 Å². The number of nitrogens with one attached hydrogen (secondary N) is 1. The number of carbonyl (C=O) groups is 1. The van der Waals surface area contributed by atoms with Gasteiger partial charge in [-0.2, -0.15) is 0 Å². The van der Waals surface area contributed by atoms with Crippen LogP contribution in [0.2, 0.25) is 0 Å². The van der Waals surface area contributed by atoms with Crippen molar-refractivity contribution >= 4 is 22.4 Å². The molecule has 0 radical (unpaired) electrons. The van der Waals surface area contributed by atoms with Crippen molar-refractivity contribution in [1.29, 1.82) is 0 Å². The Morgan fingerprint density at radius 2 is 2.03 bits per heavy atom. The number of hydrogen-bond acceptors (Lipinski definition) is 7. The molecule has 1 N–H and O–H groups in total. The Hall–Kier alpha value is -3.59. The predicted molar refractivity (Wildman–Crippen MR) is 105 cm³/mol. The molecule has 0 bridgehead atoms. The van der Waals surface area contributed by atoms with Crippen LogP contribution in [0.4, 0.5) is 9.52 Å². The number of rotatable bonds is 6. The van der Waals surface area contributed by atoms with E-state index in [-0.39, 0.29) is 18.1 Å². The summed E-state index contributed by atoms with van der Waals surface area (Å²) in [5, 5.41) is 8.72. The molecule has 4 aromatic rings. The number of ether oxygens (including phenoxy) is 1. The third kappa shape index (κ3) is 4.14. The van der Waals surface area contributed by atoms with Crippen LogP contribution in [0.15, 0.2) is 58.6 Å². The molecular formula is C20H15FN4O3S. The van der Waals surface area contributed by atoms with Crippen LogP contribution in [0.3, 0.4) is 0 Å². The molecule has 0 aliphatic carbocycles. The van der Waals surface area contributed by atoms with Crippen molar-refractivity contribution in [2.75, 3.05) is 5.32 Å². The Kier molecular flexibility index (Phi) is 5.30. The van der Waals surface area contributed by atoms with Crippen molar-refractivity contribution in [1.82, 2.24) is 15.1 Å². The lowest BCUT2D eigenvalue weighted by Gasteiger charge is -2.07. The molecule has 1 amide bonds. The highest BCUT2D eigenvalue weighted by atomic mass is 32.1. The fourth-order valence-corrected chi connectivity index (χ4v) is 3.27. The molecule has 0 saturated carbocycles. The number of aryl methyl sites for hydroxylation is 1. The molecule has 146 valence electrons. The highest BCUT2D eigenvalue weighted by molar-refractivity contribution is 7.14. The number of thiazole rings is 1. The van der Waals surface area contributed by atoms with Gasteiger partial charge in [-0.3, -0.25) is 15.1 Å². The number of aromatic nitrogens is 3. The van der Waals surface area contributed by atoms with Crippen molar-refractivity contribution in [3.05, 3.63) is 76.9 Å². The van der Waals surface area contributed by atoms with Crippen LogP contribution < -0.4 is 10.1 Å². The lowest BCUT2D eigenvalue weighted by Crippen LogP contribution is -2.15. The Morgan fingerprint density at radius 1 is 1.21 bits per heavy atom. The lowest BCUT2D eigenvalue weighted by atomic mass is 10.2. The smallest absolute Gasteiger partial charge is 0.280 e. The monoisotopic (exact) mass is 410 g/mol. The number of anilines is 1. The molecule has 0 saturated heterocycles. The van der Waals surface area contributed by atoms with Gasteiger partial charge in [-0.05, 0) is 31.2 Å². The Balaban J connectivity index is 1.48. The molecule has 0 fully saturated rings. The first kappa shape index (κ1) is 18.8. The average molecular weight is 410 g/mol. The first-order valence-electron chi connectivity index (χ1n) is 8.62. The maximum Gasteiger partial charge on any atom is 0.280 e. The molecule has 3 aromatic heterocycles. The van der Waals surface area contributed by atoms with Crippen molar-refractivity contribution in [2.45, 2.75) is 13.5 Å². The van der Waals surface area contributed by atoms with E-state index >= 15 is 0 Å². The van der Waals surface area contributed by atoms with Gasteiger partial charge in [0.05, 0.1) is 11.3 Å². The molecule has 0 aliphatic heterocycles. The molecule has 0 aliphatic rings. The summed E-state index contributed by atoms with van der Waals surface area (Å²) in [6.45, 7) is 1.60. The summed E-state index contributed by atoms with van der Waals surface area (Å²) in [5.41, 5.74) is 1.87. The molecule has 4 rings (SSSR count). The van der Waals surface area contributed by atoms with Gasteiger partial charge in [-0.1, -0.05) is 23.4 Å². The van der Waals surface area contributed by atoms with Gasteiger partial charge >= 0.3 is 0 Å². The number of halogens is 1. The van der Waals surface area contributed by atoms with Gasteiger partial charge in [-0.15, -0.1) is 11.3 Å². The summed E-state index contributed by atoms with van der Waals surface area (Å²) >= 11 is 1.27. The first-order valence-corrected chi connectivity index (χ1v) is 9.50. The topological polar surface area (TPSA) is 90.1 Å². The van der Waals surface area contributed by atoms with Crippen LogP contribution in [0.5, 0.6) is 5.75 Å². The number of para-hydroxylation sites is 1. The number of carbonyl (C=O) groups excluding carboxylic acids is 1. The predicted octanol–water partition coefficient (Wildman–Crippen LogP) is 4.47. The summed E-state index contributed by atoms with van der Waals surface area (Å²) in [6.07, 6.45) is 1.67. The van der Waals surface area contributed by atoms with Crippen molar-refractivity contribution in [3.8, 4) is 17.1 Å². The molecule has 0 atom stereocenters. The number of hydrogen-bond donors (Lipinski definition) is 1. The van der Waals surface area contributed by atoms with E-state index in [1.807, 2.05) is 18.2 Å². The zero-order chi connectivity index (χ0) is 20.2. The van der Waals surface area contributed by atoms with Crippen LogP contribution in [0.1, 0.15) is 21.8 Å². The minimum absolute atomic E-state index is 0.0595. The van der Waals surface area contributed by atoms with Crippen LogP contribution >= 0.6 is 11.3 Å². The third-order valence-electron chi connectivity index (χ3n) is 4.06. The maximum absolute atomic E-state index is 13.8. The second-order valence-electron chi connectivity index (χ2n) is 5.99. The Morgan fingerprint density at radius 3 is 2.83 bits per heavy atom. The minimum Gasteiger partial charge on any atom is -0.486 e. The summed E-state index contributed by atoms with van der Waals surface area (Å²) in [6, 6.07) is 11.5. The number of amides is 1. The third-order valence-corrected chi connectivity index (χ3v) is 4.82. The fraction of sp³-hybridized carbons (Fsp3) is 0.100. The van der Waals surface area contributed by atoms with Crippen molar-refractivity contribution in [2.24, 2.45) is 0 Å². The van der Waals surface area contributed by atoms with Crippen molar-refractivity contribution < 1.29 is 18.4 Å². The molecule has 1 aromatic carbocycles. The Bertz CT molecular complexity index is 1140. The molecule has 3 heterocycles. The highest BCUT2D eigenvalue weighted by Gasteiger charge is 2.22. The zero-order valence-electron chi connectivity index (χ0n) is 15.3. The molecule has 29 heavy (non-hydrogen) atoms. The van der Waals surface area contributed by atoms with Gasteiger partial charge in [0.2, 0.25) is 0 Å². The molecular weight excluding hydrogens is 395 g/mol. The molecule has 0 spiro atoms. The SMILES string of the molecule is Cc1onc(C(=O)Nc2nc(-c3ccccn3)cs2)c1COc1ccccc1F. The van der Waals surface area contributed by atoms with E-state index in [9.17, 15) is 9.18 Å². The summed E-state index contributed by atoms with van der Waals surface area (Å²) in [5.74, 6) is -0.479. The summed E-state index contributed by atoms with van der Waals surface area (Å²) < 4.78 is 24.4. The van der Waals surface area contributed by atoms with E-state index in [2.05, 4.69) is 20.4 Å². The normalized spacial score (nSPS) is 10.7. The van der Waals surface area contributed by atoms with E-state index in [1.165, 1.54) is 23.5 Å². The minimum atomic E-state index is -0.490. The van der Waals surface area contributed by atoms with Crippen LogP contribution in [-0.4, -0.2) is 21.0 Å². The Labute approximate surface area is 169 Å². The fourth-order valence-electron chi connectivity index (χ4n) is 2.57. The van der Waals surface area contributed by atoms with E-state index in [1.54, 1.807) is 30.6 Å². The largest absolute Gasteiger partial charge is 0.486 e. The van der Waals surface area contributed by atoms with Crippen LogP contribution in [-0.2, 0) is 6.61 Å². The van der Waals surface area contributed by atoms with Gasteiger partial charge in [0.1, 0.15) is 18.1 Å². The average Bonchev–Trinajstić information content (AvgIpc) is 3.35. The number of nitrogens with zero attached hydrogens (tertiary/aromatic N) is 3. The molecule has 0 unspecified atom stereocenters. The lowest BCUT2D eigenvalue weighted by molar-refractivity contribution is 0.101. The maximum atomic E-state index is 13.8. The van der Waals surface area contributed by atoms with Gasteiger partial charge < -0.3 is 9.26 Å². The summed E-state index contributed by atoms with van der Waals surface area (Å²) in [7, 11) is 0. The number of pyridine rings is 1. The number of benzene rings is 1. The standard InChI is InChI=1S/C20H15FN4O3S/c1-12-13(10-27-17-8-3-2-6-14(17)21)18(25-28-12)19(26)24-20-23-16(11-29-20)15-7-4-5-9-22-15/h2-9,11H,10H2,1H3,(H,23,24,26). The van der Waals surface area contributed by atoms with E-state index < -0.39 is 11.7 Å². The van der Waals surface area contributed by atoms with Crippen LogP contribution in [0.25, 0.3) is 11.4 Å². The molecule has 9 heteroatoms. The van der Waals surface area contributed by atoms with E-state index in [0.717, 1.165) is 0 Å². The highest BCUT2D eigenvalue weighted by Crippen LogP contribution is 2.25. The zero-order valence-corrected chi connectivity index (χ0v) is 16.1. The van der Waals surface area contributed by atoms with Gasteiger partial charge in [-0.25, -0.2) is 9.37 Å². The first-order chi connectivity index (χ1) is 14.1. The second-order valence-corrected chi connectivity index (χ2v) is 6.85. The second kappa shape index (κ2) is 8.19. The van der Waals surface area contributed by atoms with E-state index in [4.69, 9.17) is 9.26 Å². The van der Waals surface area contributed by atoms with Gasteiger partial charge in [0.15, 0.2) is 22.4 Å².